The highest BCUT2D eigenvalue weighted by Crippen LogP contribution is 2.19. The average molecular weight is 359 g/mol. The number of nitrogens with zero attached hydrogens (tertiary/aromatic N) is 2. The Balaban J connectivity index is 1.47. The molecule has 26 heavy (non-hydrogen) atoms. The van der Waals surface area contributed by atoms with Gasteiger partial charge in [-0.05, 0) is 36.8 Å². The van der Waals surface area contributed by atoms with Crippen LogP contribution < -0.4 is 10.2 Å². The molecule has 138 valence electrons. The monoisotopic (exact) mass is 359 g/mol. The van der Waals surface area contributed by atoms with E-state index in [4.69, 9.17) is 0 Å². The number of aryl methyl sites for hydroxylation is 1. The molecule has 0 atom stereocenters. The largest absolute Gasteiger partial charge is 0.380 e. The van der Waals surface area contributed by atoms with Crippen LogP contribution in [0.4, 0.5) is 20.2 Å². The summed E-state index contributed by atoms with van der Waals surface area (Å²) in [5.74, 6) is -1.30. The van der Waals surface area contributed by atoms with Gasteiger partial charge in [0.25, 0.3) is 0 Å². The second-order valence-electron chi connectivity index (χ2n) is 6.48. The average Bonchev–Trinajstić information content (AvgIpc) is 2.64. The van der Waals surface area contributed by atoms with Gasteiger partial charge in [-0.25, -0.2) is 8.78 Å². The van der Waals surface area contributed by atoms with Gasteiger partial charge in [-0.2, -0.15) is 0 Å². The number of piperazine rings is 1. The highest BCUT2D eigenvalue weighted by molar-refractivity contribution is 5.77. The van der Waals surface area contributed by atoms with E-state index in [1.165, 1.54) is 29.4 Å². The molecule has 1 aliphatic heterocycles. The van der Waals surface area contributed by atoms with Crippen LogP contribution in [0.15, 0.2) is 42.5 Å². The smallest absolute Gasteiger partial charge is 0.224 e. The summed E-state index contributed by atoms with van der Waals surface area (Å²) in [6.07, 6.45) is 0.207. The third kappa shape index (κ3) is 4.31. The molecule has 3 rings (SSSR count). The summed E-state index contributed by atoms with van der Waals surface area (Å²) in [6.45, 7) is 5.14. The first-order valence-corrected chi connectivity index (χ1v) is 8.82. The zero-order chi connectivity index (χ0) is 18.5. The molecule has 1 aliphatic rings. The Morgan fingerprint density at radius 1 is 1.04 bits per heavy atom. The first-order chi connectivity index (χ1) is 12.5. The minimum atomic E-state index is -0.649. The van der Waals surface area contributed by atoms with Gasteiger partial charge in [-0.15, -0.1) is 0 Å². The van der Waals surface area contributed by atoms with E-state index < -0.39 is 11.6 Å². The number of benzene rings is 2. The van der Waals surface area contributed by atoms with Gasteiger partial charge in [0, 0.05) is 44.8 Å². The van der Waals surface area contributed by atoms with Crippen LogP contribution in [0.5, 0.6) is 0 Å². The highest BCUT2D eigenvalue weighted by atomic mass is 19.1. The normalized spacial score (nSPS) is 14.4. The lowest BCUT2D eigenvalue weighted by Crippen LogP contribution is -2.49. The molecule has 0 unspecified atom stereocenters. The summed E-state index contributed by atoms with van der Waals surface area (Å²) in [4.78, 5) is 16.4. The van der Waals surface area contributed by atoms with Gasteiger partial charge in [-0.1, -0.05) is 18.2 Å². The van der Waals surface area contributed by atoms with Gasteiger partial charge in [0.05, 0.1) is 0 Å². The Morgan fingerprint density at radius 3 is 2.35 bits per heavy atom. The van der Waals surface area contributed by atoms with E-state index in [1.807, 2.05) is 11.0 Å². The summed E-state index contributed by atoms with van der Waals surface area (Å²) in [6, 6.07) is 12.0. The molecule has 2 aromatic rings. The number of hydrogen-bond acceptors (Lipinski definition) is 3. The van der Waals surface area contributed by atoms with Crippen molar-refractivity contribution in [3.05, 3.63) is 59.7 Å². The third-order valence-electron chi connectivity index (χ3n) is 4.60. The Hall–Kier alpha value is -2.63. The zero-order valence-electron chi connectivity index (χ0n) is 14.8. The maximum Gasteiger partial charge on any atom is 0.224 e. The number of para-hydroxylation sites is 1. The van der Waals surface area contributed by atoms with Gasteiger partial charge >= 0.3 is 0 Å². The fourth-order valence-corrected chi connectivity index (χ4v) is 3.16. The molecule has 0 bridgehead atoms. The van der Waals surface area contributed by atoms with E-state index in [1.54, 1.807) is 0 Å². The molecular formula is C20H23F2N3O. The van der Waals surface area contributed by atoms with Crippen molar-refractivity contribution in [3.8, 4) is 0 Å². The van der Waals surface area contributed by atoms with Crippen LogP contribution in [0.25, 0.3) is 0 Å². The lowest BCUT2D eigenvalue weighted by molar-refractivity contribution is -0.131. The molecule has 1 saturated heterocycles. The summed E-state index contributed by atoms with van der Waals surface area (Å²) in [5.41, 5.74) is 2.21. The van der Waals surface area contributed by atoms with Crippen LogP contribution in [0.1, 0.15) is 12.0 Å². The van der Waals surface area contributed by atoms with Gasteiger partial charge in [0.15, 0.2) is 0 Å². The molecule has 1 heterocycles. The number of amides is 1. The van der Waals surface area contributed by atoms with Crippen molar-refractivity contribution < 1.29 is 13.6 Å². The fraction of sp³-hybridized carbons (Fsp3) is 0.350. The number of anilines is 2. The Bertz CT molecular complexity index is 753. The summed E-state index contributed by atoms with van der Waals surface area (Å²) in [7, 11) is 0. The predicted octanol–water partition coefficient (Wildman–Crippen LogP) is 3.42. The molecule has 0 spiro atoms. The third-order valence-corrected chi connectivity index (χ3v) is 4.60. The predicted molar refractivity (Wildman–Crippen MR) is 99.4 cm³/mol. The fourth-order valence-electron chi connectivity index (χ4n) is 3.16. The van der Waals surface area contributed by atoms with Crippen molar-refractivity contribution in [1.29, 1.82) is 0 Å². The second kappa shape index (κ2) is 8.17. The lowest BCUT2D eigenvalue weighted by Gasteiger charge is -2.36. The first-order valence-electron chi connectivity index (χ1n) is 8.82. The number of halogens is 2. The highest BCUT2D eigenvalue weighted by Gasteiger charge is 2.21. The number of rotatable bonds is 5. The summed E-state index contributed by atoms with van der Waals surface area (Å²) < 4.78 is 27.1. The molecule has 1 amide bonds. The lowest BCUT2D eigenvalue weighted by atomic mass is 10.2. The quantitative estimate of drug-likeness (QED) is 0.889. The molecule has 1 N–H and O–H groups in total. The molecule has 0 aliphatic carbocycles. The van der Waals surface area contributed by atoms with E-state index in [2.05, 4.69) is 35.3 Å². The van der Waals surface area contributed by atoms with Crippen LogP contribution in [0.3, 0.4) is 0 Å². The maximum absolute atomic E-state index is 13.6. The van der Waals surface area contributed by atoms with Crippen molar-refractivity contribution in [2.75, 3.05) is 42.9 Å². The molecule has 4 nitrogen and oxygen atoms in total. The van der Waals surface area contributed by atoms with E-state index in [9.17, 15) is 13.6 Å². The minimum absolute atomic E-state index is 0.00172. The Kier molecular flexibility index (Phi) is 5.71. The topological polar surface area (TPSA) is 35.6 Å². The van der Waals surface area contributed by atoms with Crippen molar-refractivity contribution in [2.45, 2.75) is 13.3 Å². The molecular weight excluding hydrogens is 336 g/mol. The molecule has 0 aromatic heterocycles. The van der Waals surface area contributed by atoms with Gasteiger partial charge in [0.2, 0.25) is 5.91 Å². The van der Waals surface area contributed by atoms with Crippen LogP contribution in [-0.4, -0.2) is 43.5 Å². The second-order valence-corrected chi connectivity index (χ2v) is 6.48. The van der Waals surface area contributed by atoms with Gasteiger partial charge < -0.3 is 15.1 Å². The minimum Gasteiger partial charge on any atom is -0.380 e. The van der Waals surface area contributed by atoms with Crippen LogP contribution >= 0.6 is 0 Å². The van der Waals surface area contributed by atoms with Crippen molar-refractivity contribution >= 4 is 17.3 Å². The standard InChI is InChI=1S/C20H23F2N3O/c1-15-4-2-5-16(14-15)24-10-12-25(13-11-24)19(26)8-9-23-20-17(21)6-3-7-18(20)22/h2-7,14,23H,8-13H2,1H3. The first kappa shape index (κ1) is 18.2. The van der Waals surface area contributed by atoms with Gasteiger partial charge in [-0.3, -0.25) is 4.79 Å². The van der Waals surface area contributed by atoms with Crippen molar-refractivity contribution in [2.24, 2.45) is 0 Å². The van der Waals surface area contributed by atoms with E-state index >= 15 is 0 Å². The SMILES string of the molecule is Cc1cccc(N2CCN(C(=O)CCNc3c(F)cccc3F)CC2)c1. The van der Waals surface area contributed by atoms with Gasteiger partial charge in [0.1, 0.15) is 17.3 Å². The number of carbonyl (C=O) groups excluding carboxylic acids is 1. The van der Waals surface area contributed by atoms with Crippen molar-refractivity contribution in [3.63, 3.8) is 0 Å². The zero-order valence-corrected chi connectivity index (χ0v) is 14.8. The number of carbonyl (C=O) groups is 1. The number of hydrogen-bond donors (Lipinski definition) is 1. The van der Waals surface area contributed by atoms with E-state index in [0.717, 1.165) is 13.1 Å². The van der Waals surface area contributed by atoms with E-state index in [0.29, 0.717) is 13.1 Å². The summed E-state index contributed by atoms with van der Waals surface area (Å²) in [5, 5.41) is 2.68. The van der Waals surface area contributed by atoms with Crippen molar-refractivity contribution in [1.82, 2.24) is 4.90 Å². The molecule has 0 radical (unpaired) electrons. The van der Waals surface area contributed by atoms with Crippen LogP contribution in [-0.2, 0) is 4.79 Å². The molecule has 6 heteroatoms. The van der Waals surface area contributed by atoms with Crippen LogP contribution in [0, 0.1) is 18.6 Å². The Labute approximate surface area is 152 Å². The molecule has 2 aromatic carbocycles. The molecule has 0 saturated carbocycles. The van der Waals surface area contributed by atoms with Crippen LogP contribution in [0.2, 0.25) is 0 Å². The summed E-state index contributed by atoms with van der Waals surface area (Å²) >= 11 is 0. The Morgan fingerprint density at radius 2 is 1.69 bits per heavy atom. The maximum atomic E-state index is 13.6. The van der Waals surface area contributed by atoms with E-state index in [-0.39, 0.29) is 24.6 Å². The molecule has 1 fully saturated rings. The number of nitrogens with one attached hydrogen (secondary N) is 1.